The fourth-order valence-electron chi connectivity index (χ4n) is 2.34. The average Bonchev–Trinajstić information content (AvgIpc) is 2.89. The Balaban J connectivity index is 2.53. The highest BCUT2D eigenvalue weighted by molar-refractivity contribution is 5.45. The van der Waals surface area contributed by atoms with Gasteiger partial charge >= 0.3 is 0 Å². The Morgan fingerprint density at radius 1 is 1.25 bits per heavy atom. The van der Waals surface area contributed by atoms with Crippen LogP contribution in [0, 0.1) is 6.92 Å². The van der Waals surface area contributed by atoms with Gasteiger partial charge in [0.05, 0.1) is 26.5 Å². The topological polar surface area (TPSA) is 62.3 Å². The fraction of sp³-hybridized carbons (Fsp3) is 0.400. The van der Waals surface area contributed by atoms with E-state index in [0.29, 0.717) is 5.75 Å². The number of rotatable bonds is 5. The van der Waals surface area contributed by atoms with Gasteiger partial charge in [-0.15, -0.1) is 0 Å². The van der Waals surface area contributed by atoms with Crippen LogP contribution >= 0.6 is 0 Å². The average molecular weight is 275 g/mol. The molecule has 0 aliphatic carbocycles. The third-order valence-electron chi connectivity index (χ3n) is 3.38. The van der Waals surface area contributed by atoms with Crippen LogP contribution in [0.5, 0.6) is 11.5 Å². The van der Waals surface area contributed by atoms with Crippen molar-refractivity contribution in [1.82, 2.24) is 9.78 Å². The molecule has 0 aliphatic heterocycles. The van der Waals surface area contributed by atoms with Gasteiger partial charge in [0.25, 0.3) is 0 Å². The van der Waals surface area contributed by atoms with Gasteiger partial charge in [0.2, 0.25) is 0 Å². The van der Waals surface area contributed by atoms with Crippen molar-refractivity contribution in [3.63, 3.8) is 0 Å². The summed E-state index contributed by atoms with van der Waals surface area (Å²) in [4.78, 5) is 0. The van der Waals surface area contributed by atoms with E-state index in [9.17, 15) is 0 Å². The maximum Gasteiger partial charge on any atom is 0.161 e. The van der Waals surface area contributed by atoms with Gasteiger partial charge in [0.15, 0.2) is 5.75 Å². The van der Waals surface area contributed by atoms with Crippen LogP contribution in [0.15, 0.2) is 24.4 Å². The summed E-state index contributed by atoms with van der Waals surface area (Å²) >= 11 is 0. The first-order valence-electron chi connectivity index (χ1n) is 6.62. The highest BCUT2D eigenvalue weighted by Gasteiger charge is 2.22. The lowest BCUT2D eigenvalue weighted by Gasteiger charge is -2.18. The fourth-order valence-corrected chi connectivity index (χ4v) is 2.34. The molecule has 2 rings (SSSR count). The smallest absolute Gasteiger partial charge is 0.161 e. The third kappa shape index (κ3) is 2.49. The Morgan fingerprint density at radius 2 is 1.95 bits per heavy atom. The predicted molar refractivity (Wildman–Crippen MR) is 78.2 cm³/mol. The lowest BCUT2D eigenvalue weighted by molar-refractivity contribution is 0.396. The summed E-state index contributed by atoms with van der Waals surface area (Å²) in [5.41, 5.74) is 9.37. The summed E-state index contributed by atoms with van der Waals surface area (Å²) < 4.78 is 12.6. The molecule has 1 unspecified atom stereocenters. The molecule has 0 saturated carbocycles. The zero-order valence-corrected chi connectivity index (χ0v) is 12.4. The van der Waals surface area contributed by atoms with Gasteiger partial charge in [0.1, 0.15) is 11.4 Å². The number of hydrogen-bond acceptors (Lipinski definition) is 4. The van der Waals surface area contributed by atoms with Gasteiger partial charge in [0, 0.05) is 12.1 Å². The highest BCUT2D eigenvalue weighted by atomic mass is 16.5. The number of ether oxygens (including phenoxy) is 2. The van der Waals surface area contributed by atoms with Crippen molar-refractivity contribution < 1.29 is 9.47 Å². The molecule has 2 N–H and O–H groups in total. The minimum absolute atomic E-state index is 0.345. The Labute approximate surface area is 119 Å². The summed E-state index contributed by atoms with van der Waals surface area (Å²) in [6.45, 7) is 4.79. The van der Waals surface area contributed by atoms with Gasteiger partial charge in [-0.25, -0.2) is 0 Å². The number of benzene rings is 1. The first-order chi connectivity index (χ1) is 9.62. The molecule has 5 heteroatoms. The van der Waals surface area contributed by atoms with Gasteiger partial charge in [-0.1, -0.05) is 17.7 Å². The van der Waals surface area contributed by atoms with E-state index >= 15 is 0 Å². The first-order valence-corrected chi connectivity index (χ1v) is 6.62. The highest BCUT2D eigenvalue weighted by Crippen LogP contribution is 2.33. The SMILES string of the molecule is CCn1ncc(OC)c1C(N)c1cc(C)ccc1OC. The number of nitrogens with two attached hydrogens (primary N) is 1. The van der Waals surface area contributed by atoms with E-state index in [-0.39, 0.29) is 6.04 Å². The van der Waals surface area contributed by atoms with Gasteiger partial charge in [-0.3, -0.25) is 4.68 Å². The molecule has 2 aromatic rings. The van der Waals surface area contributed by atoms with Crippen molar-refractivity contribution >= 4 is 0 Å². The molecule has 0 amide bonds. The lowest BCUT2D eigenvalue weighted by atomic mass is 10.0. The van der Waals surface area contributed by atoms with Crippen molar-refractivity contribution in [2.45, 2.75) is 26.4 Å². The van der Waals surface area contributed by atoms with Crippen molar-refractivity contribution in [3.05, 3.63) is 41.2 Å². The van der Waals surface area contributed by atoms with Crippen molar-refractivity contribution in [2.75, 3.05) is 14.2 Å². The number of hydrogen-bond donors (Lipinski definition) is 1. The Hall–Kier alpha value is -2.01. The molecule has 0 spiro atoms. The van der Waals surface area contributed by atoms with E-state index in [2.05, 4.69) is 5.10 Å². The summed E-state index contributed by atoms with van der Waals surface area (Å²) in [6, 6.07) is 5.63. The first kappa shape index (κ1) is 14.4. The Bertz CT molecular complexity index is 571. The minimum atomic E-state index is -0.345. The second-order valence-electron chi connectivity index (χ2n) is 4.64. The molecule has 0 fully saturated rings. The van der Waals surface area contributed by atoms with E-state index in [1.54, 1.807) is 20.4 Å². The van der Waals surface area contributed by atoms with Gasteiger partial charge in [-0.2, -0.15) is 5.10 Å². The predicted octanol–water partition coefficient (Wildman–Crippen LogP) is 2.28. The van der Waals surface area contributed by atoms with Crippen molar-refractivity contribution in [3.8, 4) is 11.5 Å². The van der Waals surface area contributed by atoms with E-state index in [1.165, 1.54) is 0 Å². The van der Waals surface area contributed by atoms with Crippen molar-refractivity contribution in [2.24, 2.45) is 5.73 Å². The maximum absolute atomic E-state index is 6.44. The molecule has 0 saturated heterocycles. The van der Waals surface area contributed by atoms with Gasteiger partial charge in [-0.05, 0) is 19.9 Å². The standard InChI is InChI=1S/C15H21N3O2/c1-5-18-15(13(20-4)9-17-18)14(16)11-8-10(2)6-7-12(11)19-3/h6-9,14H,5,16H2,1-4H3. The maximum atomic E-state index is 6.44. The molecule has 1 atom stereocenters. The molecule has 1 heterocycles. The largest absolute Gasteiger partial charge is 0.496 e. The lowest BCUT2D eigenvalue weighted by Crippen LogP contribution is -2.19. The van der Waals surface area contributed by atoms with Crippen LogP contribution in [0.1, 0.15) is 29.8 Å². The number of aryl methyl sites for hydroxylation is 2. The zero-order valence-electron chi connectivity index (χ0n) is 12.4. The second-order valence-corrected chi connectivity index (χ2v) is 4.64. The second kappa shape index (κ2) is 5.96. The molecule has 1 aromatic heterocycles. The quantitative estimate of drug-likeness (QED) is 0.909. The molecule has 0 bridgehead atoms. The zero-order chi connectivity index (χ0) is 14.7. The minimum Gasteiger partial charge on any atom is -0.496 e. The molecule has 0 radical (unpaired) electrons. The Kier molecular flexibility index (Phi) is 4.29. The normalized spacial score (nSPS) is 12.2. The number of nitrogens with zero attached hydrogens (tertiary/aromatic N) is 2. The van der Waals surface area contributed by atoms with Crippen LogP contribution in [0.3, 0.4) is 0 Å². The van der Waals surface area contributed by atoms with Crippen LogP contribution in [0.2, 0.25) is 0 Å². The van der Waals surface area contributed by atoms with E-state index in [1.807, 2.05) is 36.7 Å². The molecule has 20 heavy (non-hydrogen) atoms. The summed E-state index contributed by atoms with van der Waals surface area (Å²) in [6.07, 6.45) is 1.70. The van der Waals surface area contributed by atoms with Gasteiger partial charge < -0.3 is 15.2 Å². The monoisotopic (exact) mass is 275 g/mol. The van der Waals surface area contributed by atoms with E-state index < -0.39 is 0 Å². The number of aromatic nitrogens is 2. The molecule has 108 valence electrons. The summed E-state index contributed by atoms with van der Waals surface area (Å²) in [5, 5.41) is 4.30. The number of methoxy groups -OCH3 is 2. The molecular formula is C15H21N3O2. The third-order valence-corrected chi connectivity index (χ3v) is 3.38. The molecule has 0 aliphatic rings. The van der Waals surface area contributed by atoms with Crippen LogP contribution in [0.25, 0.3) is 0 Å². The molecule has 1 aromatic carbocycles. The molecular weight excluding hydrogens is 254 g/mol. The molecule has 5 nitrogen and oxygen atoms in total. The van der Waals surface area contributed by atoms with Crippen LogP contribution in [-0.2, 0) is 6.54 Å². The van der Waals surface area contributed by atoms with Crippen LogP contribution < -0.4 is 15.2 Å². The van der Waals surface area contributed by atoms with Crippen LogP contribution in [-0.4, -0.2) is 24.0 Å². The van der Waals surface area contributed by atoms with E-state index in [0.717, 1.165) is 29.1 Å². The summed E-state index contributed by atoms with van der Waals surface area (Å²) in [7, 11) is 3.27. The van der Waals surface area contributed by atoms with Crippen molar-refractivity contribution in [1.29, 1.82) is 0 Å². The Morgan fingerprint density at radius 3 is 2.55 bits per heavy atom. The van der Waals surface area contributed by atoms with E-state index in [4.69, 9.17) is 15.2 Å². The van der Waals surface area contributed by atoms with Crippen LogP contribution in [0.4, 0.5) is 0 Å². The summed E-state index contributed by atoms with van der Waals surface area (Å²) in [5.74, 6) is 1.47.